The normalized spacial score (nSPS) is 17.1. The van der Waals surface area contributed by atoms with Crippen molar-refractivity contribution in [2.75, 3.05) is 25.0 Å². The van der Waals surface area contributed by atoms with Crippen molar-refractivity contribution in [3.63, 3.8) is 0 Å². The van der Waals surface area contributed by atoms with E-state index in [0.717, 1.165) is 36.4 Å². The SMILES string of the molecule is Cc1cc(CN2CCN(C(=O)OC(C)(C)C)[C@@H](C)C2)c(C)c(Nc2nnc(-c3ccno3)o2)c1. The largest absolute Gasteiger partial charge is 0.444 e. The molecule has 1 atom stereocenters. The molecule has 0 unspecified atom stereocenters. The summed E-state index contributed by atoms with van der Waals surface area (Å²) in [5.41, 5.74) is 3.84. The smallest absolute Gasteiger partial charge is 0.410 e. The molecule has 2 aromatic heterocycles. The second kappa shape index (κ2) is 9.46. The van der Waals surface area contributed by atoms with Crippen LogP contribution in [0.3, 0.4) is 0 Å². The highest BCUT2D eigenvalue weighted by Crippen LogP contribution is 2.28. The van der Waals surface area contributed by atoms with Crippen LogP contribution in [0.5, 0.6) is 0 Å². The zero-order chi connectivity index (χ0) is 24.5. The average molecular weight is 469 g/mol. The molecular weight excluding hydrogens is 436 g/mol. The Hall–Kier alpha value is -3.40. The van der Waals surface area contributed by atoms with E-state index < -0.39 is 5.60 Å². The first-order valence-corrected chi connectivity index (χ1v) is 11.4. The molecule has 1 N–H and O–H groups in total. The lowest BCUT2D eigenvalue weighted by atomic mass is 10.0. The topological polar surface area (TPSA) is 110 Å². The molecule has 1 aromatic carbocycles. The summed E-state index contributed by atoms with van der Waals surface area (Å²) in [6.45, 7) is 14.8. The summed E-state index contributed by atoms with van der Waals surface area (Å²) in [7, 11) is 0. The van der Waals surface area contributed by atoms with Crippen LogP contribution < -0.4 is 5.32 Å². The molecular formula is C24H32N6O4. The van der Waals surface area contributed by atoms with Gasteiger partial charge in [0.2, 0.25) is 5.76 Å². The highest BCUT2D eigenvalue weighted by Gasteiger charge is 2.31. The van der Waals surface area contributed by atoms with Gasteiger partial charge >= 0.3 is 12.1 Å². The maximum Gasteiger partial charge on any atom is 0.410 e. The van der Waals surface area contributed by atoms with Crippen LogP contribution in [0.25, 0.3) is 11.7 Å². The van der Waals surface area contributed by atoms with Crippen LogP contribution in [0, 0.1) is 13.8 Å². The van der Waals surface area contributed by atoms with Gasteiger partial charge in [0.25, 0.3) is 5.89 Å². The molecule has 1 saturated heterocycles. The zero-order valence-electron chi connectivity index (χ0n) is 20.6. The fourth-order valence-electron chi connectivity index (χ4n) is 4.05. The Balaban J connectivity index is 1.43. The van der Waals surface area contributed by atoms with Gasteiger partial charge in [0.1, 0.15) is 5.60 Å². The second-order valence-electron chi connectivity index (χ2n) is 9.77. The molecule has 1 fully saturated rings. The fourth-order valence-corrected chi connectivity index (χ4v) is 4.05. The number of aryl methyl sites for hydroxylation is 1. The number of anilines is 2. The van der Waals surface area contributed by atoms with Crippen LogP contribution in [0.15, 0.2) is 33.3 Å². The Morgan fingerprint density at radius 3 is 2.71 bits per heavy atom. The Morgan fingerprint density at radius 1 is 1.24 bits per heavy atom. The van der Waals surface area contributed by atoms with Gasteiger partial charge in [0.05, 0.1) is 6.20 Å². The van der Waals surface area contributed by atoms with Crippen LogP contribution in [0.1, 0.15) is 44.4 Å². The van der Waals surface area contributed by atoms with Crippen molar-refractivity contribution in [2.24, 2.45) is 0 Å². The molecule has 10 nitrogen and oxygen atoms in total. The third kappa shape index (κ3) is 5.56. The van der Waals surface area contributed by atoms with Gasteiger partial charge in [-0.1, -0.05) is 16.3 Å². The summed E-state index contributed by atoms with van der Waals surface area (Å²) in [6.07, 6.45) is 1.28. The summed E-state index contributed by atoms with van der Waals surface area (Å²) in [5.74, 6) is 0.684. The van der Waals surface area contributed by atoms with Gasteiger partial charge in [0.15, 0.2) is 0 Å². The first kappa shape index (κ1) is 23.7. The number of carbonyl (C=O) groups excluding carboxylic acids is 1. The van der Waals surface area contributed by atoms with E-state index in [0.29, 0.717) is 12.3 Å². The van der Waals surface area contributed by atoms with E-state index in [2.05, 4.69) is 58.5 Å². The first-order valence-electron chi connectivity index (χ1n) is 11.4. The minimum Gasteiger partial charge on any atom is -0.444 e. The number of amides is 1. The zero-order valence-corrected chi connectivity index (χ0v) is 20.6. The molecule has 3 heterocycles. The number of carbonyl (C=O) groups is 1. The van der Waals surface area contributed by atoms with E-state index >= 15 is 0 Å². The molecule has 10 heteroatoms. The lowest BCUT2D eigenvalue weighted by Crippen LogP contribution is -2.54. The third-order valence-corrected chi connectivity index (χ3v) is 5.71. The van der Waals surface area contributed by atoms with Crippen LogP contribution in [-0.4, -0.2) is 62.5 Å². The van der Waals surface area contributed by atoms with Crippen LogP contribution in [0.2, 0.25) is 0 Å². The molecule has 0 bridgehead atoms. The molecule has 1 aliphatic heterocycles. The van der Waals surface area contributed by atoms with Crippen LogP contribution in [0.4, 0.5) is 16.5 Å². The van der Waals surface area contributed by atoms with Crippen molar-refractivity contribution >= 4 is 17.8 Å². The number of rotatable bonds is 5. The number of hydrogen-bond donors (Lipinski definition) is 1. The average Bonchev–Trinajstić information content (AvgIpc) is 3.42. The Bertz CT molecular complexity index is 1140. The summed E-state index contributed by atoms with van der Waals surface area (Å²) < 4.78 is 16.3. The maximum absolute atomic E-state index is 12.5. The van der Waals surface area contributed by atoms with Crippen molar-refractivity contribution in [1.29, 1.82) is 0 Å². The van der Waals surface area contributed by atoms with E-state index in [1.807, 2.05) is 25.7 Å². The Kier molecular flexibility index (Phi) is 6.60. The van der Waals surface area contributed by atoms with E-state index in [1.165, 1.54) is 11.8 Å². The minimum atomic E-state index is -0.496. The molecule has 0 saturated carbocycles. The summed E-state index contributed by atoms with van der Waals surface area (Å²) in [5, 5.41) is 15.0. The fraction of sp³-hybridized carbons (Fsp3) is 0.500. The standard InChI is InChI=1S/C24H32N6O4/c1-15-11-18(14-29-9-10-30(16(2)13-29)23(31)33-24(4,5)6)17(3)19(12-15)26-22-28-27-21(32-22)20-7-8-25-34-20/h7-8,11-12,16H,9-10,13-14H2,1-6H3,(H,26,28)/t16-/m0/s1. The molecule has 4 rings (SSSR count). The summed E-state index contributed by atoms with van der Waals surface area (Å²) >= 11 is 0. The van der Waals surface area contributed by atoms with E-state index in [1.54, 1.807) is 6.07 Å². The van der Waals surface area contributed by atoms with Crippen molar-refractivity contribution in [3.05, 3.63) is 41.1 Å². The van der Waals surface area contributed by atoms with Crippen LogP contribution >= 0.6 is 0 Å². The molecule has 34 heavy (non-hydrogen) atoms. The molecule has 182 valence electrons. The first-order chi connectivity index (χ1) is 16.1. The van der Waals surface area contributed by atoms with Crippen molar-refractivity contribution in [2.45, 2.75) is 59.7 Å². The third-order valence-electron chi connectivity index (χ3n) is 5.71. The van der Waals surface area contributed by atoms with Crippen molar-refractivity contribution in [3.8, 4) is 11.7 Å². The van der Waals surface area contributed by atoms with Crippen molar-refractivity contribution < 1.29 is 18.5 Å². The monoisotopic (exact) mass is 468 g/mol. The van der Waals surface area contributed by atoms with E-state index in [9.17, 15) is 4.79 Å². The lowest BCUT2D eigenvalue weighted by molar-refractivity contribution is 0.000539. The van der Waals surface area contributed by atoms with Crippen LogP contribution in [-0.2, 0) is 11.3 Å². The molecule has 0 spiro atoms. The van der Waals surface area contributed by atoms with Gasteiger partial charge in [-0.2, -0.15) is 0 Å². The summed E-state index contributed by atoms with van der Waals surface area (Å²) in [4.78, 5) is 16.7. The number of hydrogen-bond acceptors (Lipinski definition) is 9. The second-order valence-corrected chi connectivity index (χ2v) is 9.77. The highest BCUT2D eigenvalue weighted by atomic mass is 16.6. The predicted molar refractivity (Wildman–Crippen MR) is 127 cm³/mol. The number of nitrogens with zero attached hydrogens (tertiary/aromatic N) is 5. The van der Waals surface area contributed by atoms with Gasteiger partial charge in [-0.3, -0.25) is 4.90 Å². The van der Waals surface area contributed by atoms with Crippen molar-refractivity contribution in [1.82, 2.24) is 25.2 Å². The molecule has 3 aromatic rings. The van der Waals surface area contributed by atoms with Gasteiger partial charge < -0.3 is 23.9 Å². The number of aromatic nitrogens is 3. The molecule has 0 aliphatic carbocycles. The molecule has 1 aliphatic rings. The quantitative estimate of drug-likeness (QED) is 0.577. The maximum atomic E-state index is 12.5. The molecule has 1 amide bonds. The Labute approximate surface area is 199 Å². The number of piperazine rings is 1. The highest BCUT2D eigenvalue weighted by molar-refractivity contribution is 5.68. The van der Waals surface area contributed by atoms with Gasteiger partial charge in [-0.05, 0) is 64.3 Å². The lowest BCUT2D eigenvalue weighted by Gasteiger charge is -2.40. The number of nitrogens with one attached hydrogen (secondary N) is 1. The minimum absolute atomic E-state index is 0.0687. The number of ether oxygens (including phenoxy) is 1. The molecule has 0 radical (unpaired) electrons. The number of benzene rings is 1. The van der Waals surface area contributed by atoms with E-state index in [-0.39, 0.29) is 24.0 Å². The summed E-state index contributed by atoms with van der Waals surface area (Å²) in [6, 6.07) is 6.26. The van der Waals surface area contributed by atoms with Gasteiger partial charge in [-0.15, -0.1) is 5.10 Å². The van der Waals surface area contributed by atoms with Gasteiger partial charge in [0, 0.05) is 44.0 Å². The van der Waals surface area contributed by atoms with Gasteiger partial charge in [-0.25, -0.2) is 4.79 Å². The van der Waals surface area contributed by atoms with E-state index in [4.69, 9.17) is 13.7 Å². The Morgan fingerprint density at radius 2 is 2.03 bits per heavy atom. The predicted octanol–water partition coefficient (Wildman–Crippen LogP) is 4.53.